The number of aliphatic hydroxyl groups is 1. The largest absolute Gasteiger partial charge is 0.460 e. The van der Waals surface area contributed by atoms with Crippen LogP contribution in [-0.2, 0) is 0 Å². The predicted molar refractivity (Wildman–Crippen MR) is 67.3 cm³/mol. The molecule has 2 aromatic heterocycles. The number of hydrogen-bond acceptors (Lipinski definition) is 5. The highest BCUT2D eigenvalue weighted by atomic mass is 16.3. The lowest BCUT2D eigenvalue weighted by molar-refractivity contribution is 0.198. The van der Waals surface area contributed by atoms with E-state index in [-0.39, 0.29) is 6.10 Å². The van der Waals surface area contributed by atoms with Gasteiger partial charge in [0.15, 0.2) is 11.6 Å². The summed E-state index contributed by atoms with van der Waals surface area (Å²) in [7, 11) is 0. The third kappa shape index (κ3) is 2.09. The van der Waals surface area contributed by atoms with Gasteiger partial charge in [-0.15, -0.1) is 10.2 Å². The van der Waals surface area contributed by atoms with Crippen LogP contribution in [0.1, 0.15) is 12.2 Å². The molecule has 1 atom stereocenters. The van der Waals surface area contributed by atoms with E-state index in [0.29, 0.717) is 6.54 Å². The lowest BCUT2D eigenvalue weighted by atomic mass is 10.3. The molecule has 5 heteroatoms. The first-order valence-electron chi connectivity index (χ1n) is 6.06. The minimum Gasteiger partial charge on any atom is -0.460 e. The van der Waals surface area contributed by atoms with E-state index in [1.54, 1.807) is 0 Å². The van der Waals surface area contributed by atoms with Gasteiger partial charge < -0.3 is 14.4 Å². The fourth-order valence-corrected chi connectivity index (χ4v) is 2.15. The predicted octanol–water partition coefficient (Wildman–Crippen LogP) is 1.62. The van der Waals surface area contributed by atoms with E-state index in [1.807, 2.05) is 36.1 Å². The van der Waals surface area contributed by atoms with Crippen LogP contribution in [-0.4, -0.2) is 34.5 Å². The molecule has 0 bridgehead atoms. The molecule has 1 aliphatic heterocycles. The highest BCUT2D eigenvalue weighted by Crippen LogP contribution is 2.22. The van der Waals surface area contributed by atoms with Gasteiger partial charge in [-0.1, -0.05) is 0 Å². The lowest BCUT2D eigenvalue weighted by Gasteiger charge is -2.15. The van der Waals surface area contributed by atoms with E-state index in [1.165, 1.54) is 0 Å². The summed E-state index contributed by atoms with van der Waals surface area (Å²) in [6.45, 7) is 3.36. The van der Waals surface area contributed by atoms with Gasteiger partial charge in [-0.2, -0.15) is 0 Å². The van der Waals surface area contributed by atoms with Crippen molar-refractivity contribution in [3.05, 3.63) is 30.0 Å². The zero-order valence-corrected chi connectivity index (χ0v) is 10.2. The molecule has 18 heavy (non-hydrogen) atoms. The van der Waals surface area contributed by atoms with Crippen LogP contribution >= 0.6 is 0 Å². The summed E-state index contributed by atoms with van der Waals surface area (Å²) in [6, 6.07) is 7.60. The maximum atomic E-state index is 9.49. The number of aliphatic hydroxyl groups excluding tert-OH is 1. The average molecular weight is 245 g/mol. The fraction of sp³-hybridized carbons (Fsp3) is 0.385. The highest BCUT2D eigenvalue weighted by Gasteiger charge is 2.21. The van der Waals surface area contributed by atoms with Gasteiger partial charge in [-0.3, -0.25) is 0 Å². The van der Waals surface area contributed by atoms with Gasteiger partial charge in [0.25, 0.3) is 0 Å². The summed E-state index contributed by atoms with van der Waals surface area (Å²) in [5, 5.41) is 17.8. The second kappa shape index (κ2) is 4.42. The minimum absolute atomic E-state index is 0.251. The van der Waals surface area contributed by atoms with Crippen LogP contribution in [0.5, 0.6) is 0 Å². The number of aromatic nitrogens is 2. The Morgan fingerprint density at radius 1 is 1.28 bits per heavy atom. The minimum atomic E-state index is -0.251. The zero-order chi connectivity index (χ0) is 12.5. The molecule has 0 saturated carbocycles. The quantitative estimate of drug-likeness (QED) is 0.871. The Morgan fingerprint density at radius 2 is 2.17 bits per heavy atom. The van der Waals surface area contributed by atoms with Gasteiger partial charge >= 0.3 is 0 Å². The van der Waals surface area contributed by atoms with E-state index >= 15 is 0 Å². The number of anilines is 1. The molecular formula is C13H15N3O2. The third-order valence-corrected chi connectivity index (χ3v) is 3.13. The van der Waals surface area contributed by atoms with E-state index in [2.05, 4.69) is 10.2 Å². The Hall–Kier alpha value is -1.88. The monoisotopic (exact) mass is 245 g/mol. The van der Waals surface area contributed by atoms with Crippen molar-refractivity contribution in [1.29, 1.82) is 0 Å². The van der Waals surface area contributed by atoms with Crippen molar-refractivity contribution in [2.75, 3.05) is 18.0 Å². The van der Waals surface area contributed by atoms with Gasteiger partial charge in [0.1, 0.15) is 11.5 Å². The Bertz CT molecular complexity index is 535. The van der Waals surface area contributed by atoms with Crippen molar-refractivity contribution in [2.24, 2.45) is 0 Å². The zero-order valence-electron chi connectivity index (χ0n) is 10.2. The number of furan rings is 1. The van der Waals surface area contributed by atoms with Crippen molar-refractivity contribution >= 4 is 5.82 Å². The molecule has 0 aromatic carbocycles. The molecule has 3 heterocycles. The van der Waals surface area contributed by atoms with Gasteiger partial charge in [0.05, 0.1) is 6.10 Å². The van der Waals surface area contributed by atoms with Crippen molar-refractivity contribution in [2.45, 2.75) is 19.4 Å². The second-order valence-electron chi connectivity index (χ2n) is 4.58. The molecule has 0 aliphatic carbocycles. The summed E-state index contributed by atoms with van der Waals surface area (Å²) in [5.41, 5.74) is 0.728. The van der Waals surface area contributed by atoms with Gasteiger partial charge in [-0.25, -0.2) is 0 Å². The van der Waals surface area contributed by atoms with Crippen LogP contribution in [0, 0.1) is 6.92 Å². The topological polar surface area (TPSA) is 62.4 Å². The number of rotatable bonds is 2. The van der Waals surface area contributed by atoms with Crippen LogP contribution in [0.3, 0.4) is 0 Å². The maximum Gasteiger partial charge on any atom is 0.154 e. The average Bonchev–Trinajstić information content (AvgIpc) is 2.98. The van der Waals surface area contributed by atoms with E-state index in [0.717, 1.165) is 36.0 Å². The normalized spacial score (nSPS) is 19.4. The third-order valence-electron chi connectivity index (χ3n) is 3.13. The van der Waals surface area contributed by atoms with Crippen LogP contribution in [0.25, 0.3) is 11.5 Å². The molecule has 0 amide bonds. The van der Waals surface area contributed by atoms with E-state index in [4.69, 9.17) is 4.42 Å². The molecule has 1 saturated heterocycles. The molecule has 5 nitrogen and oxygen atoms in total. The standard InChI is InChI=1S/C13H15N3O2/c1-9-2-4-12(18-9)11-3-5-13(15-14-11)16-7-6-10(17)8-16/h2-5,10,17H,6-8H2,1H3. The molecule has 1 N–H and O–H groups in total. The number of nitrogens with zero attached hydrogens (tertiary/aromatic N) is 3. The molecule has 1 aliphatic rings. The van der Waals surface area contributed by atoms with Crippen molar-refractivity contribution in [3.8, 4) is 11.5 Å². The summed E-state index contributed by atoms with van der Waals surface area (Å²) in [5.74, 6) is 2.39. The summed E-state index contributed by atoms with van der Waals surface area (Å²) in [4.78, 5) is 2.04. The molecule has 94 valence electrons. The summed E-state index contributed by atoms with van der Waals surface area (Å²) < 4.78 is 5.50. The van der Waals surface area contributed by atoms with Crippen LogP contribution < -0.4 is 4.90 Å². The van der Waals surface area contributed by atoms with Gasteiger partial charge in [0.2, 0.25) is 0 Å². The van der Waals surface area contributed by atoms with E-state index < -0.39 is 0 Å². The molecule has 3 rings (SSSR count). The smallest absolute Gasteiger partial charge is 0.154 e. The SMILES string of the molecule is Cc1ccc(-c2ccc(N3CCC(O)C3)nn2)o1. The summed E-state index contributed by atoms with van der Waals surface area (Å²) >= 11 is 0. The molecule has 1 unspecified atom stereocenters. The molecular weight excluding hydrogens is 230 g/mol. The Balaban J connectivity index is 1.81. The Labute approximate surface area is 105 Å². The number of hydrogen-bond donors (Lipinski definition) is 1. The van der Waals surface area contributed by atoms with Crippen LogP contribution in [0.4, 0.5) is 5.82 Å². The van der Waals surface area contributed by atoms with Crippen molar-refractivity contribution in [3.63, 3.8) is 0 Å². The van der Waals surface area contributed by atoms with Crippen molar-refractivity contribution in [1.82, 2.24) is 10.2 Å². The lowest BCUT2D eigenvalue weighted by Crippen LogP contribution is -2.22. The highest BCUT2D eigenvalue weighted by molar-refractivity contribution is 5.54. The summed E-state index contributed by atoms with van der Waals surface area (Å²) in [6.07, 6.45) is 0.542. The second-order valence-corrected chi connectivity index (χ2v) is 4.58. The Kier molecular flexibility index (Phi) is 2.76. The Morgan fingerprint density at radius 3 is 2.72 bits per heavy atom. The molecule has 2 aromatic rings. The number of β-amino-alcohol motifs (C(OH)–C–C–N with tert-alkyl or cyclic N) is 1. The van der Waals surface area contributed by atoms with Crippen LogP contribution in [0.15, 0.2) is 28.7 Å². The first kappa shape index (κ1) is 11.2. The van der Waals surface area contributed by atoms with Crippen LogP contribution in [0.2, 0.25) is 0 Å². The fourth-order valence-electron chi connectivity index (χ4n) is 2.15. The first-order chi connectivity index (χ1) is 8.72. The van der Waals surface area contributed by atoms with Gasteiger partial charge in [-0.05, 0) is 37.6 Å². The molecule has 0 radical (unpaired) electrons. The van der Waals surface area contributed by atoms with E-state index in [9.17, 15) is 5.11 Å². The molecule has 0 spiro atoms. The number of aryl methyl sites for hydroxylation is 1. The molecule has 1 fully saturated rings. The first-order valence-corrected chi connectivity index (χ1v) is 6.06. The van der Waals surface area contributed by atoms with Gasteiger partial charge in [0, 0.05) is 13.1 Å². The van der Waals surface area contributed by atoms with Crippen molar-refractivity contribution < 1.29 is 9.52 Å². The maximum absolute atomic E-state index is 9.49.